The van der Waals surface area contributed by atoms with Crippen molar-refractivity contribution in [3.8, 4) is 0 Å². The van der Waals surface area contributed by atoms with Crippen LogP contribution in [0.3, 0.4) is 0 Å². The molecular formula is C11H15N3O2. The maximum absolute atomic E-state index is 11.4. The Morgan fingerprint density at radius 2 is 2.38 bits per heavy atom. The summed E-state index contributed by atoms with van der Waals surface area (Å²) in [7, 11) is 1.36. The Kier molecular flexibility index (Phi) is 2.68. The largest absolute Gasteiger partial charge is 0.464 e. The van der Waals surface area contributed by atoms with Crippen molar-refractivity contribution < 1.29 is 9.53 Å². The zero-order valence-corrected chi connectivity index (χ0v) is 9.65. The summed E-state index contributed by atoms with van der Waals surface area (Å²) in [6.07, 6.45) is 3.78. The summed E-state index contributed by atoms with van der Waals surface area (Å²) in [6.45, 7) is 4.73. The van der Waals surface area contributed by atoms with Crippen LogP contribution in [0.25, 0.3) is 0 Å². The molecule has 5 heteroatoms. The standard InChI is InChI=1S/C11H15N3O2/c1-7-4-12-10-8(2)13-9(11(15)16-3)6-14(10)5-7/h4,6,10,12H,5H2,1-3H3. The summed E-state index contributed by atoms with van der Waals surface area (Å²) in [5.74, 6) is -0.398. The van der Waals surface area contributed by atoms with Crippen molar-refractivity contribution in [2.24, 2.45) is 4.99 Å². The maximum Gasteiger partial charge on any atom is 0.358 e. The first-order valence-corrected chi connectivity index (χ1v) is 5.14. The van der Waals surface area contributed by atoms with E-state index in [0.29, 0.717) is 5.70 Å². The summed E-state index contributed by atoms with van der Waals surface area (Å²) >= 11 is 0. The van der Waals surface area contributed by atoms with E-state index in [1.54, 1.807) is 6.20 Å². The van der Waals surface area contributed by atoms with Crippen molar-refractivity contribution in [3.63, 3.8) is 0 Å². The van der Waals surface area contributed by atoms with E-state index in [1.165, 1.54) is 12.7 Å². The van der Waals surface area contributed by atoms with Crippen LogP contribution in [0.1, 0.15) is 13.8 Å². The molecule has 0 radical (unpaired) electrons. The molecule has 2 aliphatic rings. The van der Waals surface area contributed by atoms with Gasteiger partial charge in [0.05, 0.1) is 12.8 Å². The van der Waals surface area contributed by atoms with E-state index in [-0.39, 0.29) is 6.17 Å². The van der Waals surface area contributed by atoms with E-state index in [1.807, 2.05) is 24.9 Å². The Morgan fingerprint density at radius 1 is 1.62 bits per heavy atom. The zero-order chi connectivity index (χ0) is 11.7. The van der Waals surface area contributed by atoms with E-state index in [2.05, 4.69) is 15.0 Å². The number of carbonyl (C=O) groups is 1. The highest BCUT2D eigenvalue weighted by molar-refractivity contribution is 5.96. The van der Waals surface area contributed by atoms with E-state index < -0.39 is 5.97 Å². The van der Waals surface area contributed by atoms with Gasteiger partial charge in [0.2, 0.25) is 0 Å². The number of nitrogens with zero attached hydrogens (tertiary/aromatic N) is 2. The number of hydrogen-bond donors (Lipinski definition) is 1. The number of carbonyl (C=O) groups excluding carboxylic acids is 1. The Labute approximate surface area is 94.5 Å². The molecule has 5 nitrogen and oxygen atoms in total. The Balaban J connectivity index is 2.28. The van der Waals surface area contributed by atoms with Crippen molar-refractivity contribution in [3.05, 3.63) is 23.7 Å². The lowest BCUT2D eigenvalue weighted by Crippen LogP contribution is -2.51. The number of fused-ring (bicyclic) bond motifs is 1. The number of esters is 1. The Bertz CT molecular complexity index is 409. The maximum atomic E-state index is 11.4. The first-order valence-electron chi connectivity index (χ1n) is 5.14. The van der Waals surface area contributed by atoms with Crippen LogP contribution < -0.4 is 5.32 Å². The number of methoxy groups -OCH3 is 1. The van der Waals surface area contributed by atoms with Crippen molar-refractivity contribution in [1.82, 2.24) is 10.2 Å². The van der Waals surface area contributed by atoms with Gasteiger partial charge in [0.15, 0.2) is 5.70 Å². The predicted octanol–water partition coefficient (Wildman–Crippen LogP) is 0.610. The van der Waals surface area contributed by atoms with Crippen molar-refractivity contribution >= 4 is 11.7 Å². The van der Waals surface area contributed by atoms with Crippen molar-refractivity contribution in [2.45, 2.75) is 20.0 Å². The molecule has 2 heterocycles. The minimum Gasteiger partial charge on any atom is -0.464 e. The highest BCUT2D eigenvalue weighted by Gasteiger charge is 2.27. The van der Waals surface area contributed by atoms with Crippen molar-refractivity contribution in [1.29, 1.82) is 0 Å². The first kappa shape index (κ1) is 10.7. The third-order valence-corrected chi connectivity index (χ3v) is 2.63. The minimum absolute atomic E-state index is 0.0529. The van der Waals surface area contributed by atoms with E-state index in [9.17, 15) is 4.79 Å². The third-order valence-electron chi connectivity index (χ3n) is 2.63. The molecule has 0 saturated carbocycles. The molecule has 16 heavy (non-hydrogen) atoms. The van der Waals surface area contributed by atoms with Gasteiger partial charge in [0.25, 0.3) is 0 Å². The lowest BCUT2D eigenvalue weighted by molar-refractivity contribution is -0.136. The molecule has 1 N–H and O–H groups in total. The van der Waals surface area contributed by atoms with Gasteiger partial charge in [-0.05, 0) is 25.6 Å². The molecule has 1 atom stereocenters. The summed E-state index contributed by atoms with van der Waals surface area (Å²) in [5.41, 5.74) is 2.44. The minimum atomic E-state index is -0.398. The lowest BCUT2D eigenvalue weighted by atomic mass is 10.1. The second kappa shape index (κ2) is 4.00. The number of rotatable bonds is 1. The topological polar surface area (TPSA) is 53.9 Å². The van der Waals surface area contributed by atoms with E-state index in [4.69, 9.17) is 0 Å². The molecule has 0 bridgehead atoms. The highest BCUT2D eigenvalue weighted by Crippen LogP contribution is 2.18. The molecule has 0 saturated heterocycles. The summed E-state index contributed by atoms with van der Waals surface area (Å²) in [4.78, 5) is 17.7. The molecule has 2 rings (SSSR count). The second-order valence-corrected chi connectivity index (χ2v) is 3.99. The molecule has 1 unspecified atom stereocenters. The van der Waals surface area contributed by atoms with Crippen LogP contribution in [0.2, 0.25) is 0 Å². The molecule has 0 spiro atoms. The molecule has 2 aliphatic heterocycles. The van der Waals surface area contributed by atoms with Gasteiger partial charge in [0, 0.05) is 12.7 Å². The molecule has 0 aromatic heterocycles. The zero-order valence-electron chi connectivity index (χ0n) is 9.65. The van der Waals surface area contributed by atoms with Gasteiger partial charge < -0.3 is 15.0 Å². The van der Waals surface area contributed by atoms with E-state index in [0.717, 1.165) is 12.3 Å². The van der Waals surface area contributed by atoms with Gasteiger partial charge in [-0.2, -0.15) is 0 Å². The molecule has 0 amide bonds. The Morgan fingerprint density at radius 3 is 3.06 bits per heavy atom. The SMILES string of the molecule is COC(=O)C1=CN2CC(C)=CNC2C(C)=N1. The smallest absolute Gasteiger partial charge is 0.358 e. The molecule has 0 fully saturated rings. The average Bonchev–Trinajstić information content (AvgIpc) is 2.27. The van der Waals surface area contributed by atoms with Gasteiger partial charge >= 0.3 is 5.97 Å². The second-order valence-electron chi connectivity index (χ2n) is 3.99. The lowest BCUT2D eigenvalue weighted by Gasteiger charge is -2.37. The first-order chi connectivity index (χ1) is 7.61. The Hall–Kier alpha value is -1.78. The van der Waals surface area contributed by atoms with Crippen molar-refractivity contribution in [2.75, 3.05) is 13.7 Å². The predicted molar refractivity (Wildman–Crippen MR) is 60.6 cm³/mol. The van der Waals surface area contributed by atoms with Crippen LogP contribution in [-0.2, 0) is 9.53 Å². The molecule has 0 aliphatic carbocycles. The molecule has 86 valence electrons. The number of aliphatic imine (C=N–C) groups is 1. The molecular weight excluding hydrogens is 206 g/mol. The normalized spacial score (nSPS) is 23.6. The van der Waals surface area contributed by atoms with Crippen LogP contribution in [0, 0.1) is 0 Å². The van der Waals surface area contributed by atoms with Crippen LogP contribution in [0.4, 0.5) is 0 Å². The summed E-state index contributed by atoms with van der Waals surface area (Å²) < 4.78 is 4.67. The average molecular weight is 221 g/mol. The van der Waals surface area contributed by atoms with Gasteiger partial charge in [-0.25, -0.2) is 9.79 Å². The van der Waals surface area contributed by atoms with Gasteiger partial charge in [0.1, 0.15) is 6.17 Å². The van der Waals surface area contributed by atoms with E-state index >= 15 is 0 Å². The molecule has 0 aromatic carbocycles. The van der Waals surface area contributed by atoms with Crippen LogP contribution >= 0.6 is 0 Å². The molecule has 0 aromatic rings. The summed E-state index contributed by atoms with van der Waals surface area (Å²) in [5, 5.41) is 3.23. The number of hydrogen-bond acceptors (Lipinski definition) is 5. The van der Waals surface area contributed by atoms with Gasteiger partial charge in [-0.15, -0.1) is 0 Å². The highest BCUT2D eigenvalue weighted by atomic mass is 16.5. The quantitative estimate of drug-likeness (QED) is 0.659. The fourth-order valence-corrected chi connectivity index (χ4v) is 1.86. The third kappa shape index (κ3) is 1.80. The van der Waals surface area contributed by atoms with Crippen LogP contribution in [0.5, 0.6) is 0 Å². The fourth-order valence-electron chi connectivity index (χ4n) is 1.86. The summed E-state index contributed by atoms with van der Waals surface area (Å²) in [6, 6.07) is 0. The van der Waals surface area contributed by atoms with Gasteiger partial charge in [-0.3, -0.25) is 0 Å². The monoisotopic (exact) mass is 221 g/mol. The number of ether oxygens (including phenoxy) is 1. The van der Waals surface area contributed by atoms with Gasteiger partial charge in [-0.1, -0.05) is 0 Å². The number of nitrogens with one attached hydrogen (secondary N) is 1. The fraction of sp³-hybridized carbons (Fsp3) is 0.455. The van der Waals surface area contributed by atoms with Crippen LogP contribution in [0.15, 0.2) is 28.7 Å². The van der Waals surface area contributed by atoms with Crippen LogP contribution in [-0.4, -0.2) is 36.4 Å².